The van der Waals surface area contributed by atoms with Crippen LogP contribution in [-0.4, -0.2) is 17.2 Å². The van der Waals surface area contributed by atoms with Crippen LogP contribution in [0.3, 0.4) is 0 Å². The molecular formula is C9H6BrF2NO2. The van der Waals surface area contributed by atoms with Gasteiger partial charge in [0.15, 0.2) is 6.23 Å². The minimum Gasteiger partial charge on any atom is -0.368 e. The topological polar surface area (TPSA) is 49.3 Å². The van der Waals surface area contributed by atoms with Gasteiger partial charge in [-0.15, -0.1) is 0 Å². The summed E-state index contributed by atoms with van der Waals surface area (Å²) in [5, 5.41) is 10.8. The van der Waals surface area contributed by atoms with Crippen LogP contribution in [-0.2, 0) is 5.92 Å². The van der Waals surface area contributed by atoms with Crippen molar-refractivity contribution in [3.63, 3.8) is 0 Å². The lowest BCUT2D eigenvalue weighted by Crippen LogP contribution is -2.51. The van der Waals surface area contributed by atoms with E-state index in [0.29, 0.717) is 4.47 Å². The van der Waals surface area contributed by atoms with E-state index in [1.165, 1.54) is 12.1 Å². The lowest BCUT2D eigenvalue weighted by molar-refractivity contribution is -0.128. The smallest absolute Gasteiger partial charge is 0.317 e. The third kappa shape index (κ3) is 1.53. The van der Waals surface area contributed by atoms with Gasteiger partial charge in [0.05, 0.1) is 0 Å². The molecule has 2 N–H and O–H groups in total. The quantitative estimate of drug-likeness (QED) is 0.757. The lowest BCUT2D eigenvalue weighted by Gasteiger charge is -2.30. The van der Waals surface area contributed by atoms with E-state index in [4.69, 9.17) is 5.11 Å². The van der Waals surface area contributed by atoms with E-state index in [2.05, 4.69) is 15.9 Å². The Morgan fingerprint density at radius 2 is 2.13 bits per heavy atom. The summed E-state index contributed by atoms with van der Waals surface area (Å²) in [6, 6.07) is 3.82. The standard InChI is InChI=1S/C9H6BrF2NO2/c10-4-1-2-6-5(3-4)7(14)13-8(15)9(6,11)12/h1-3,8,15H,(H,13,14). The summed E-state index contributed by atoms with van der Waals surface area (Å²) >= 11 is 3.08. The molecule has 1 atom stereocenters. The van der Waals surface area contributed by atoms with Crippen molar-refractivity contribution >= 4 is 21.8 Å². The van der Waals surface area contributed by atoms with E-state index in [9.17, 15) is 13.6 Å². The molecule has 1 amide bonds. The Kier molecular flexibility index (Phi) is 2.27. The molecule has 0 aliphatic carbocycles. The van der Waals surface area contributed by atoms with Crippen LogP contribution in [0.5, 0.6) is 0 Å². The Morgan fingerprint density at radius 1 is 1.47 bits per heavy atom. The number of rotatable bonds is 0. The second kappa shape index (κ2) is 3.24. The first kappa shape index (κ1) is 10.5. The molecule has 1 aromatic carbocycles. The number of amides is 1. The predicted octanol–water partition coefficient (Wildman–Crippen LogP) is 1.60. The number of halogens is 3. The molecule has 0 bridgehead atoms. The van der Waals surface area contributed by atoms with Gasteiger partial charge in [-0.2, -0.15) is 8.78 Å². The van der Waals surface area contributed by atoms with Gasteiger partial charge in [0.1, 0.15) is 0 Å². The molecule has 1 aliphatic rings. The monoisotopic (exact) mass is 277 g/mol. The Morgan fingerprint density at radius 3 is 2.80 bits per heavy atom. The molecule has 0 fully saturated rings. The van der Waals surface area contributed by atoms with Gasteiger partial charge >= 0.3 is 5.92 Å². The normalized spacial score (nSPS) is 23.2. The number of carbonyl (C=O) groups is 1. The molecule has 6 heteroatoms. The third-order valence-electron chi connectivity index (χ3n) is 2.20. The summed E-state index contributed by atoms with van der Waals surface area (Å²) in [6.45, 7) is 0. The molecule has 0 radical (unpaired) electrons. The first-order chi connectivity index (χ1) is 6.93. The number of alkyl halides is 2. The van der Waals surface area contributed by atoms with Gasteiger partial charge in [-0.05, 0) is 12.1 Å². The summed E-state index contributed by atoms with van der Waals surface area (Å²) in [7, 11) is 0. The third-order valence-corrected chi connectivity index (χ3v) is 2.69. The molecule has 0 saturated heterocycles. The second-order valence-corrected chi connectivity index (χ2v) is 4.10. The van der Waals surface area contributed by atoms with Crippen LogP contribution in [0.2, 0.25) is 0 Å². The number of nitrogens with one attached hydrogen (secondary N) is 1. The molecule has 0 spiro atoms. The maximum atomic E-state index is 13.4. The number of benzene rings is 1. The highest BCUT2D eigenvalue weighted by molar-refractivity contribution is 9.10. The number of hydrogen-bond donors (Lipinski definition) is 2. The number of hydrogen-bond acceptors (Lipinski definition) is 2. The fourth-order valence-electron chi connectivity index (χ4n) is 1.43. The second-order valence-electron chi connectivity index (χ2n) is 3.19. The summed E-state index contributed by atoms with van der Waals surface area (Å²) in [5.74, 6) is -4.16. The number of fused-ring (bicyclic) bond motifs is 1. The van der Waals surface area contributed by atoms with Crippen molar-refractivity contribution in [2.45, 2.75) is 12.2 Å². The van der Waals surface area contributed by atoms with Crippen LogP contribution in [0.1, 0.15) is 15.9 Å². The van der Waals surface area contributed by atoms with Crippen molar-refractivity contribution in [2.24, 2.45) is 0 Å². The zero-order chi connectivity index (χ0) is 11.2. The van der Waals surface area contributed by atoms with E-state index in [0.717, 1.165) is 6.07 Å². The Hall–Kier alpha value is -1.01. The average molecular weight is 278 g/mol. The first-order valence-electron chi connectivity index (χ1n) is 4.09. The van der Waals surface area contributed by atoms with E-state index in [1.807, 2.05) is 0 Å². The van der Waals surface area contributed by atoms with Gasteiger partial charge in [-0.25, -0.2) is 0 Å². The van der Waals surface area contributed by atoms with Crippen LogP contribution in [0.4, 0.5) is 8.78 Å². The predicted molar refractivity (Wildman–Crippen MR) is 51.5 cm³/mol. The maximum Gasteiger partial charge on any atom is 0.317 e. The minimum atomic E-state index is -3.45. The van der Waals surface area contributed by atoms with Crippen LogP contribution >= 0.6 is 15.9 Å². The van der Waals surface area contributed by atoms with Crippen LogP contribution in [0.15, 0.2) is 22.7 Å². The highest BCUT2D eigenvalue weighted by atomic mass is 79.9. The zero-order valence-corrected chi connectivity index (χ0v) is 8.88. The largest absolute Gasteiger partial charge is 0.368 e. The molecule has 1 unspecified atom stereocenters. The van der Waals surface area contributed by atoms with Gasteiger partial charge < -0.3 is 10.4 Å². The Balaban J connectivity index is 2.64. The van der Waals surface area contributed by atoms with Crippen molar-refractivity contribution in [1.82, 2.24) is 5.32 Å². The molecule has 80 valence electrons. The number of aliphatic hydroxyl groups is 1. The Labute approximate surface area is 92.2 Å². The highest BCUT2D eigenvalue weighted by Crippen LogP contribution is 2.37. The minimum absolute atomic E-state index is 0.125. The number of aliphatic hydroxyl groups excluding tert-OH is 1. The highest BCUT2D eigenvalue weighted by Gasteiger charge is 2.47. The fourth-order valence-corrected chi connectivity index (χ4v) is 1.80. The van der Waals surface area contributed by atoms with Crippen molar-refractivity contribution in [3.8, 4) is 0 Å². The van der Waals surface area contributed by atoms with Gasteiger partial charge in [0, 0.05) is 15.6 Å². The average Bonchev–Trinajstić information content (AvgIpc) is 2.15. The van der Waals surface area contributed by atoms with Gasteiger partial charge in [-0.1, -0.05) is 22.0 Å². The fraction of sp³-hybridized carbons (Fsp3) is 0.222. The molecule has 0 aromatic heterocycles. The van der Waals surface area contributed by atoms with Crippen molar-refractivity contribution in [1.29, 1.82) is 0 Å². The van der Waals surface area contributed by atoms with E-state index in [1.54, 1.807) is 5.32 Å². The molecular weight excluding hydrogens is 272 g/mol. The van der Waals surface area contributed by atoms with E-state index >= 15 is 0 Å². The van der Waals surface area contributed by atoms with Crippen LogP contribution in [0, 0.1) is 0 Å². The molecule has 3 nitrogen and oxygen atoms in total. The van der Waals surface area contributed by atoms with E-state index < -0.39 is 23.6 Å². The summed E-state index contributed by atoms with van der Waals surface area (Å²) in [6.07, 6.45) is -2.17. The van der Waals surface area contributed by atoms with Crippen LogP contribution < -0.4 is 5.32 Å². The molecule has 15 heavy (non-hydrogen) atoms. The zero-order valence-electron chi connectivity index (χ0n) is 7.30. The molecule has 1 aliphatic heterocycles. The van der Waals surface area contributed by atoms with Crippen molar-refractivity contribution in [2.75, 3.05) is 0 Å². The Bertz CT molecular complexity index is 436. The molecule has 2 rings (SSSR count). The lowest BCUT2D eigenvalue weighted by atomic mass is 9.96. The first-order valence-corrected chi connectivity index (χ1v) is 4.89. The number of carbonyl (C=O) groups excluding carboxylic acids is 1. The van der Waals surface area contributed by atoms with Crippen molar-refractivity contribution in [3.05, 3.63) is 33.8 Å². The summed E-state index contributed by atoms with van der Waals surface area (Å²) in [5.41, 5.74) is -0.582. The van der Waals surface area contributed by atoms with Gasteiger partial charge in [0.25, 0.3) is 5.91 Å². The van der Waals surface area contributed by atoms with Crippen LogP contribution in [0.25, 0.3) is 0 Å². The van der Waals surface area contributed by atoms with Crippen molar-refractivity contribution < 1.29 is 18.7 Å². The van der Waals surface area contributed by atoms with Gasteiger partial charge in [0.2, 0.25) is 0 Å². The SMILES string of the molecule is O=C1NC(O)C(F)(F)c2ccc(Br)cc21. The molecule has 0 saturated carbocycles. The van der Waals surface area contributed by atoms with E-state index in [-0.39, 0.29) is 5.56 Å². The molecule has 1 heterocycles. The summed E-state index contributed by atoms with van der Waals surface area (Å²) in [4.78, 5) is 11.3. The molecule has 1 aromatic rings. The van der Waals surface area contributed by atoms with Gasteiger partial charge in [-0.3, -0.25) is 4.79 Å². The maximum absolute atomic E-state index is 13.4. The summed E-state index contributed by atoms with van der Waals surface area (Å²) < 4.78 is 27.4.